The van der Waals surface area contributed by atoms with Gasteiger partial charge in [-0.2, -0.15) is 0 Å². The molecular weight excluding hydrogens is 188 g/mol. The third kappa shape index (κ3) is 2.76. The van der Waals surface area contributed by atoms with Crippen molar-refractivity contribution in [1.82, 2.24) is 10.3 Å². The van der Waals surface area contributed by atoms with E-state index < -0.39 is 0 Å². The van der Waals surface area contributed by atoms with Crippen molar-refractivity contribution in [3.05, 3.63) is 29.6 Å². The minimum Gasteiger partial charge on any atom is -0.381 e. The zero-order chi connectivity index (χ0) is 10.7. The smallest absolute Gasteiger partial charge is 0.0601 e. The minimum absolute atomic E-state index is 0.471. The van der Waals surface area contributed by atoms with Gasteiger partial charge in [0.05, 0.1) is 6.10 Å². The number of methoxy groups -OCH3 is 1. The van der Waals surface area contributed by atoms with Crippen LogP contribution in [0.1, 0.15) is 24.1 Å². The van der Waals surface area contributed by atoms with Crippen LogP contribution in [-0.4, -0.2) is 24.2 Å². The largest absolute Gasteiger partial charge is 0.381 e. The fourth-order valence-corrected chi connectivity index (χ4v) is 1.79. The molecule has 0 aliphatic heterocycles. The second-order valence-electron chi connectivity index (χ2n) is 4.21. The molecule has 1 N–H and O–H groups in total. The number of aryl methyl sites for hydroxylation is 1. The van der Waals surface area contributed by atoms with Gasteiger partial charge in [-0.3, -0.25) is 4.98 Å². The van der Waals surface area contributed by atoms with Crippen LogP contribution in [0.25, 0.3) is 0 Å². The van der Waals surface area contributed by atoms with Crippen molar-refractivity contribution in [1.29, 1.82) is 0 Å². The van der Waals surface area contributed by atoms with Crippen LogP contribution < -0.4 is 5.32 Å². The molecule has 3 nitrogen and oxygen atoms in total. The molecule has 1 aliphatic rings. The lowest BCUT2D eigenvalue weighted by Gasteiger charge is -2.34. The standard InChI is InChI=1S/C12H18N2O/c1-9-3-4-10(7-13-9)8-14-11-5-12(6-11)15-2/h3-4,7,11-12,14H,5-6,8H2,1-2H3. The van der Waals surface area contributed by atoms with Crippen LogP contribution in [0.4, 0.5) is 0 Å². The average Bonchev–Trinajstić information content (AvgIpc) is 2.19. The number of hydrogen-bond acceptors (Lipinski definition) is 3. The number of aromatic nitrogens is 1. The first-order chi connectivity index (χ1) is 7.28. The van der Waals surface area contributed by atoms with E-state index in [0.717, 1.165) is 25.1 Å². The van der Waals surface area contributed by atoms with Gasteiger partial charge in [0.25, 0.3) is 0 Å². The summed E-state index contributed by atoms with van der Waals surface area (Å²) in [7, 11) is 1.78. The molecular formula is C12H18N2O. The molecule has 1 heterocycles. The Hall–Kier alpha value is -0.930. The summed E-state index contributed by atoms with van der Waals surface area (Å²) in [6, 6.07) is 4.80. The minimum atomic E-state index is 0.471. The normalized spacial score (nSPS) is 24.9. The monoisotopic (exact) mass is 206 g/mol. The molecule has 0 radical (unpaired) electrons. The topological polar surface area (TPSA) is 34.1 Å². The fourth-order valence-electron chi connectivity index (χ4n) is 1.79. The lowest BCUT2D eigenvalue weighted by atomic mass is 9.89. The Bertz CT molecular complexity index is 304. The summed E-state index contributed by atoms with van der Waals surface area (Å²) in [5.41, 5.74) is 2.32. The lowest BCUT2D eigenvalue weighted by molar-refractivity contribution is 0.0170. The summed E-state index contributed by atoms with van der Waals surface area (Å²) in [5, 5.41) is 3.50. The molecule has 0 saturated heterocycles. The van der Waals surface area contributed by atoms with Crippen LogP contribution in [0.3, 0.4) is 0 Å². The first-order valence-corrected chi connectivity index (χ1v) is 5.45. The summed E-state index contributed by atoms with van der Waals surface area (Å²) < 4.78 is 5.23. The molecule has 0 aromatic carbocycles. The van der Waals surface area contributed by atoms with Crippen LogP contribution in [0, 0.1) is 6.92 Å². The third-order valence-corrected chi connectivity index (χ3v) is 3.00. The van der Waals surface area contributed by atoms with Gasteiger partial charge in [0.2, 0.25) is 0 Å². The van der Waals surface area contributed by atoms with Crippen molar-refractivity contribution in [2.24, 2.45) is 0 Å². The van der Waals surface area contributed by atoms with Gasteiger partial charge in [-0.05, 0) is 31.4 Å². The van der Waals surface area contributed by atoms with Crippen molar-refractivity contribution in [3.8, 4) is 0 Å². The predicted molar refractivity (Wildman–Crippen MR) is 59.6 cm³/mol. The molecule has 3 heteroatoms. The molecule has 1 fully saturated rings. The van der Waals surface area contributed by atoms with E-state index in [1.54, 1.807) is 7.11 Å². The molecule has 15 heavy (non-hydrogen) atoms. The number of pyridine rings is 1. The predicted octanol–water partition coefficient (Wildman–Crippen LogP) is 1.66. The number of ether oxygens (including phenoxy) is 1. The van der Waals surface area contributed by atoms with Gasteiger partial charge >= 0.3 is 0 Å². The van der Waals surface area contributed by atoms with Crippen LogP contribution in [0.15, 0.2) is 18.3 Å². The maximum atomic E-state index is 5.23. The maximum absolute atomic E-state index is 5.23. The molecule has 82 valence electrons. The summed E-state index contributed by atoms with van der Waals surface area (Å²) in [4.78, 5) is 4.27. The second kappa shape index (κ2) is 4.73. The molecule has 0 amide bonds. The van der Waals surface area contributed by atoms with Gasteiger partial charge in [0.1, 0.15) is 0 Å². The highest BCUT2D eigenvalue weighted by Crippen LogP contribution is 2.22. The molecule has 0 unspecified atom stereocenters. The van der Waals surface area contributed by atoms with Gasteiger partial charge in [-0.1, -0.05) is 6.07 Å². The van der Waals surface area contributed by atoms with Crippen molar-refractivity contribution < 1.29 is 4.74 Å². The highest BCUT2D eigenvalue weighted by molar-refractivity contribution is 5.13. The zero-order valence-electron chi connectivity index (χ0n) is 9.36. The average molecular weight is 206 g/mol. The highest BCUT2D eigenvalue weighted by Gasteiger charge is 2.28. The van der Waals surface area contributed by atoms with Crippen molar-refractivity contribution in [2.75, 3.05) is 7.11 Å². The molecule has 1 aromatic heterocycles. The zero-order valence-corrected chi connectivity index (χ0v) is 9.36. The molecule has 0 spiro atoms. The van der Waals surface area contributed by atoms with Gasteiger partial charge in [-0.25, -0.2) is 0 Å². The van der Waals surface area contributed by atoms with Crippen molar-refractivity contribution in [2.45, 2.75) is 38.5 Å². The summed E-state index contributed by atoms with van der Waals surface area (Å²) >= 11 is 0. The Balaban J connectivity index is 1.72. The van der Waals surface area contributed by atoms with E-state index in [-0.39, 0.29) is 0 Å². The summed E-state index contributed by atoms with van der Waals surface area (Å²) in [6.45, 7) is 2.92. The second-order valence-corrected chi connectivity index (χ2v) is 4.21. The van der Waals surface area contributed by atoms with Crippen LogP contribution in [-0.2, 0) is 11.3 Å². The van der Waals surface area contributed by atoms with E-state index in [4.69, 9.17) is 4.74 Å². The SMILES string of the molecule is COC1CC(NCc2ccc(C)nc2)C1. The Morgan fingerprint density at radius 2 is 2.27 bits per heavy atom. The Morgan fingerprint density at radius 1 is 1.47 bits per heavy atom. The maximum Gasteiger partial charge on any atom is 0.0601 e. The van der Waals surface area contributed by atoms with Crippen LogP contribution in [0.5, 0.6) is 0 Å². The van der Waals surface area contributed by atoms with Crippen LogP contribution in [0.2, 0.25) is 0 Å². The van der Waals surface area contributed by atoms with E-state index in [1.165, 1.54) is 5.56 Å². The van der Waals surface area contributed by atoms with E-state index >= 15 is 0 Å². The van der Waals surface area contributed by atoms with E-state index in [0.29, 0.717) is 12.1 Å². The third-order valence-electron chi connectivity index (χ3n) is 3.00. The molecule has 1 aromatic rings. The quantitative estimate of drug-likeness (QED) is 0.813. The molecule has 0 atom stereocenters. The fraction of sp³-hybridized carbons (Fsp3) is 0.583. The first-order valence-electron chi connectivity index (χ1n) is 5.45. The Labute approximate surface area is 90.9 Å². The van der Waals surface area contributed by atoms with Gasteiger partial charge in [0.15, 0.2) is 0 Å². The van der Waals surface area contributed by atoms with Crippen molar-refractivity contribution in [3.63, 3.8) is 0 Å². The lowest BCUT2D eigenvalue weighted by Crippen LogP contribution is -2.44. The molecule has 1 aliphatic carbocycles. The van der Waals surface area contributed by atoms with Gasteiger partial charge in [-0.15, -0.1) is 0 Å². The van der Waals surface area contributed by atoms with E-state index in [9.17, 15) is 0 Å². The molecule has 1 saturated carbocycles. The number of rotatable bonds is 4. The van der Waals surface area contributed by atoms with Crippen molar-refractivity contribution >= 4 is 0 Å². The summed E-state index contributed by atoms with van der Waals surface area (Å²) in [6.07, 6.45) is 4.68. The van der Waals surface area contributed by atoms with E-state index in [1.807, 2.05) is 13.1 Å². The van der Waals surface area contributed by atoms with Gasteiger partial charge in [0, 0.05) is 31.6 Å². The first kappa shape index (κ1) is 10.6. The number of nitrogens with zero attached hydrogens (tertiary/aromatic N) is 1. The molecule has 0 bridgehead atoms. The Morgan fingerprint density at radius 3 is 2.87 bits per heavy atom. The van der Waals surface area contributed by atoms with Crippen LogP contribution >= 0.6 is 0 Å². The van der Waals surface area contributed by atoms with E-state index in [2.05, 4.69) is 22.4 Å². The number of nitrogens with one attached hydrogen (secondary N) is 1. The van der Waals surface area contributed by atoms with Gasteiger partial charge < -0.3 is 10.1 Å². The summed E-state index contributed by atoms with van der Waals surface area (Å²) in [5.74, 6) is 0. The number of hydrogen-bond donors (Lipinski definition) is 1. The Kier molecular flexibility index (Phi) is 3.34. The molecule has 2 rings (SSSR count). The highest BCUT2D eigenvalue weighted by atomic mass is 16.5.